The molecule has 2 rings (SSSR count). The summed E-state index contributed by atoms with van der Waals surface area (Å²) in [4.78, 5) is 23.9. The fourth-order valence-electron chi connectivity index (χ4n) is 2.60. The highest BCUT2D eigenvalue weighted by Gasteiger charge is 2.13. The molecule has 0 aliphatic heterocycles. The molecule has 0 heterocycles. The second kappa shape index (κ2) is 9.37. The Bertz CT molecular complexity index is 742. The summed E-state index contributed by atoms with van der Waals surface area (Å²) in [6.45, 7) is 2.20. The van der Waals surface area contributed by atoms with Gasteiger partial charge in [-0.05, 0) is 48.7 Å². The minimum absolute atomic E-state index is 0.262. The average Bonchev–Trinajstić information content (AvgIpc) is 2.60. The molecular weight excluding hydrogens is 380 g/mol. The Morgan fingerprint density at radius 2 is 1.76 bits per heavy atom. The molecule has 0 radical (unpaired) electrons. The van der Waals surface area contributed by atoms with Crippen LogP contribution < -0.4 is 11.1 Å². The molecule has 0 aliphatic rings. The number of primary amides is 1. The van der Waals surface area contributed by atoms with Crippen molar-refractivity contribution in [2.24, 2.45) is 5.73 Å². The van der Waals surface area contributed by atoms with Gasteiger partial charge in [-0.2, -0.15) is 0 Å². The monoisotopic (exact) mass is 402 g/mol. The van der Waals surface area contributed by atoms with E-state index in [0.717, 1.165) is 10.9 Å². The molecule has 132 valence electrons. The Balaban J connectivity index is 2.03. The van der Waals surface area contributed by atoms with Crippen molar-refractivity contribution in [3.05, 3.63) is 63.6 Å². The second-order valence-corrected chi connectivity index (χ2v) is 6.93. The number of halogens is 1. The number of benzene rings is 2. The smallest absolute Gasteiger partial charge is 0.255 e. The van der Waals surface area contributed by atoms with Crippen LogP contribution in [0.4, 0.5) is 5.69 Å². The molecule has 5 heteroatoms. The van der Waals surface area contributed by atoms with Gasteiger partial charge in [0.05, 0.1) is 11.3 Å². The number of rotatable bonds is 8. The van der Waals surface area contributed by atoms with E-state index < -0.39 is 5.91 Å². The van der Waals surface area contributed by atoms with Crippen LogP contribution in [0.1, 0.15) is 58.9 Å². The van der Waals surface area contributed by atoms with Crippen LogP contribution in [0, 0.1) is 0 Å². The number of carbonyl (C=O) groups excluding carboxylic acids is 2. The molecule has 0 aliphatic carbocycles. The number of nitrogens with one attached hydrogen (secondary N) is 1. The van der Waals surface area contributed by atoms with Gasteiger partial charge in [0, 0.05) is 10.0 Å². The lowest BCUT2D eigenvalue weighted by Crippen LogP contribution is -2.18. The summed E-state index contributed by atoms with van der Waals surface area (Å²) in [5.41, 5.74) is 7.84. The molecule has 0 spiro atoms. The van der Waals surface area contributed by atoms with Gasteiger partial charge in [0.1, 0.15) is 0 Å². The number of amides is 2. The van der Waals surface area contributed by atoms with Crippen LogP contribution in [0.3, 0.4) is 0 Å². The molecule has 0 unspecified atom stereocenters. The highest BCUT2D eigenvalue weighted by Crippen LogP contribution is 2.21. The quantitative estimate of drug-likeness (QED) is 0.614. The largest absolute Gasteiger partial charge is 0.366 e. The number of nitrogens with two attached hydrogens (primary N) is 1. The van der Waals surface area contributed by atoms with E-state index in [1.807, 2.05) is 24.3 Å². The van der Waals surface area contributed by atoms with E-state index in [9.17, 15) is 9.59 Å². The van der Waals surface area contributed by atoms with Crippen LogP contribution in [0.25, 0.3) is 0 Å². The molecule has 2 aromatic rings. The summed E-state index contributed by atoms with van der Waals surface area (Å²) in [5.74, 6) is -0.846. The normalized spacial score (nSPS) is 10.5. The number of anilines is 1. The first-order valence-electron chi connectivity index (χ1n) is 8.51. The molecule has 0 fully saturated rings. The predicted molar refractivity (Wildman–Crippen MR) is 105 cm³/mol. The molecule has 2 amide bonds. The molecule has 4 nitrogen and oxygen atoms in total. The maximum Gasteiger partial charge on any atom is 0.255 e. The van der Waals surface area contributed by atoms with Gasteiger partial charge in [0.25, 0.3) is 11.8 Å². The maximum absolute atomic E-state index is 12.4. The number of aryl methyl sites for hydroxylation is 1. The number of hydrogen-bond acceptors (Lipinski definition) is 2. The topological polar surface area (TPSA) is 72.2 Å². The Morgan fingerprint density at radius 3 is 2.40 bits per heavy atom. The Morgan fingerprint density at radius 1 is 1.04 bits per heavy atom. The van der Waals surface area contributed by atoms with Crippen molar-refractivity contribution in [2.45, 2.75) is 39.0 Å². The van der Waals surface area contributed by atoms with Crippen LogP contribution in [-0.4, -0.2) is 11.8 Å². The summed E-state index contributed by atoms with van der Waals surface area (Å²) in [6.07, 6.45) is 5.91. The lowest BCUT2D eigenvalue weighted by molar-refractivity contribution is 0.100. The fourth-order valence-corrected chi connectivity index (χ4v) is 2.96. The zero-order valence-corrected chi connectivity index (χ0v) is 15.9. The van der Waals surface area contributed by atoms with Crippen molar-refractivity contribution in [1.82, 2.24) is 0 Å². The van der Waals surface area contributed by atoms with Gasteiger partial charge < -0.3 is 11.1 Å². The Hall–Kier alpha value is -2.14. The van der Waals surface area contributed by atoms with Gasteiger partial charge in [-0.15, -0.1) is 0 Å². The van der Waals surface area contributed by atoms with Gasteiger partial charge >= 0.3 is 0 Å². The van der Waals surface area contributed by atoms with Crippen LogP contribution in [0.5, 0.6) is 0 Å². The van der Waals surface area contributed by atoms with Crippen LogP contribution in [0.15, 0.2) is 46.9 Å². The van der Waals surface area contributed by atoms with Crippen LogP contribution in [-0.2, 0) is 6.42 Å². The molecule has 0 atom stereocenters. The second-order valence-electron chi connectivity index (χ2n) is 6.02. The van der Waals surface area contributed by atoms with E-state index >= 15 is 0 Å². The molecule has 0 saturated heterocycles. The lowest BCUT2D eigenvalue weighted by atomic mass is 10.0. The zero-order chi connectivity index (χ0) is 18.2. The van der Waals surface area contributed by atoms with Crippen molar-refractivity contribution < 1.29 is 9.59 Å². The van der Waals surface area contributed by atoms with Gasteiger partial charge in [-0.3, -0.25) is 9.59 Å². The third-order valence-corrected chi connectivity index (χ3v) is 4.52. The van der Waals surface area contributed by atoms with Crippen molar-refractivity contribution in [3.63, 3.8) is 0 Å². The molecule has 0 aromatic heterocycles. The van der Waals surface area contributed by atoms with Gasteiger partial charge in [-0.1, -0.05) is 54.2 Å². The van der Waals surface area contributed by atoms with Crippen molar-refractivity contribution in [3.8, 4) is 0 Å². The third-order valence-electron chi connectivity index (χ3n) is 4.03. The maximum atomic E-state index is 12.4. The first-order valence-corrected chi connectivity index (χ1v) is 9.30. The van der Waals surface area contributed by atoms with Crippen LogP contribution >= 0.6 is 15.9 Å². The van der Waals surface area contributed by atoms with Gasteiger partial charge in [-0.25, -0.2) is 0 Å². The molecule has 0 saturated carbocycles. The molecule has 2 aromatic carbocycles. The first kappa shape index (κ1) is 19.2. The van der Waals surface area contributed by atoms with E-state index in [-0.39, 0.29) is 11.5 Å². The minimum Gasteiger partial charge on any atom is -0.366 e. The van der Waals surface area contributed by atoms with E-state index in [2.05, 4.69) is 28.2 Å². The number of unbranched alkanes of at least 4 members (excludes halogenated alkanes) is 3. The van der Waals surface area contributed by atoms with E-state index in [4.69, 9.17) is 5.73 Å². The third kappa shape index (κ3) is 5.71. The van der Waals surface area contributed by atoms with Crippen molar-refractivity contribution >= 4 is 33.4 Å². The summed E-state index contributed by atoms with van der Waals surface area (Å²) < 4.78 is 0.728. The van der Waals surface area contributed by atoms with Crippen molar-refractivity contribution in [1.29, 1.82) is 0 Å². The fraction of sp³-hybridized carbons (Fsp3) is 0.300. The molecule has 25 heavy (non-hydrogen) atoms. The summed E-state index contributed by atoms with van der Waals surface area (Å²) in [5, 5.41) is 2.75. The van der Waals surface area contributed by atoms with E-state index in [1.165, 1.54) is 31.2 Å². The van der Waals surface area contributed by atoms with E-state index in [1.54, 1.807) is 18.2 Å². The first-order chi connectivity index (χ1) is 12.0. The zero-order valence-electron chi connectivity index (χ0n) is 14.3. The van der Waals surface area contributed by atoms with Gasteiger partial charge in [0.2, 0.25) is 0 Å². The highest BCUT2D eigenvalue weighted by molar-refractivity contribution is 9.10. The van der Waals surface area contributed by atoms with Crippen molar-refractivity contribution in [2.75, 3.05) is 5.32 Å². The predicted octanol–water partition coefficient (Wildman–Crippen LogP) is 4.92. The number of carbonyl (C=O) groups is 2. The summed E-state index contributed by atoms with van der Waals surface area (Å²) >= 11 is 3.29. The molecular formula is C20H23BrN2O2. The Labute approximate surface area is 156 Å². The summed E-state index contributed by atoms with van der Waals surface area (Å²) in [7, 11) is 0. The SMILES string of the molecule is CCCCCCc1ccc(C(=O)Nc2ccc(Br)cc2C(N)=O)cc1. The molecule has 3 N–H and O–H groups in total. The average molecular weight is 403 g/mol. The standard InChI is InChI=1S/C20H23BrN2O2/c1-2-3-4-5-6-14-7-9-15(10-8-14)20(25)23-18-12-11-16(21)13-17(18)19(22)24/h7-13H,2-6H2,1H3,(H2,22,24)(H,23,25). The highest BCUT2D eigenvalue weighted by atomic mass is 79.9. The number of hydrogen-bond donors (Lipinski definition) is 2. The molecule has 0 bridgehead atoms. The van der Waals surface area contributed by atoms with Gasteiger partial charge in [0.15, 0.2) is 0 Å². The minimum atomic E-state index is -0.584. The Kier molecular flexibility index (Phi) is 7.19. The summed E-state index contributed by atoms with van der Waals surface area (Å²) in [6, 6.07) is 12.6. The van der Waals surface area contributed by atoms with E-state index in [0.29, 0.717) is 11.3 Å². The van der Waals surface area contributed by atoms with Crippen LogP contribution in [0.2, 0.25) is 0 Å². The lowest BCUT2D eigenvalue weighted by Gasteiger charge is -2.10.